The first-order valence-electron chi connectivity index (χ1n) is 7.92. The van der Waals surface area contributed by atoms with Crippen molar-refractivity contribution in [3.8, 4) is 0 Å². The molecular formula is C17H26BrFN2. The van der Waals surface area contributed by atoms with Crippen molar-refractivity contribution in [1.82, 2.24) is 10.2 Å². The molecular weight excluding hydrogens is 331 g/mol. The van der Waals surface area contributed by atoms with Gasteiger partial charge in [0, 0.05) is 41.8 Å². The summed E-state index contributed by atoms with van der Waals surface area (Å²) in [5.41, 5.74) is 0.793. The van der Waals surface area contributed by atoms with E-state index in [0.717, 1.165) is 23.1 Å². The van der Waals surface area contributed by atoms with Crippen LogP contribution in [0.5, 0.6) is 0 Å². The average molecular weight is 357 g/mol. The van der Waals surface area contributed by atoms with E-state index in [-0.39, 0.29) is 5.82 Å². The normalized spacial score (nSPS) is 23.7. The van der Waals surface area contributed by atoms with Crippen LogP contribution in [-0.4, -0.2) is 30.1 Å². The summed E-state index contributed by atoms with van der Waals surface area (Å²) >= 11 is 3.32. The van der Waals surface area contributed by atoms with Gasteiger partial charge in [0.15, 0.2) is 0 Å². The highest BCUT2D eigenvalue weighted by Gasteiger charge is 2.29. The standard InChI is InChI=1S/C17H26BrFN2/c1-4-5-15-11-21(17(9-20-15)12(2)3)10-13-6-7-14(18)8-16(13)19/h6-8,12,15,17,20H,4-5,9-11H2,1-3H3. The average Bonchev–Trinajstić information content (AvgIpc) is 2.42. The summed E-state index contributed by atoms with van der Waals surface area (Å²) in [5, 5.41) is 3.65. The van der Waals surface area contributed by atoms with Crippen molar-refractivity contribution in [1.29, 1.82) is 0 Å². The molecule has 118 valence electrons. The number of piperazine rings is 1. The van der Waals surface area contributed by atoms with E-state index in [1.54, 1.807) is 6.07 Å². The molecule has 0 amide bonds. The van der Waals surface area contributed by atoms with E-state index in [9.17, 15) is 4.39 Å². The van der Waals surface area contributed by atoms with Gasteiger partial charge in [-0.3, -0.25) is 4.90 Å². The number of nitrogens with zero attached hydrogens (tertiary/aromatic N) is 1. The molecule has 0 bridgehead atoms. The second-order valence-corrected chi connectivity index (χ2v) is 7.29. The maximum absolute atomic E-state index is 14.1. The van der Waals surface area contributed by atoms with E-state index in [0.29, 0.717) is 24.5 Å². The summed E-state index contributed by atoms with van der Waals surface area (Å²) in [7, 11) is 0. The van der Waals surface area contributed by atoms with Crippen LogP contribution in [0.1, 0.15) is 39.2 Å². The Hall–Kier alpha value is -0.450. The summed E-state index contributed by atoms with van der Waals surface area (Å²) in [6.07, 6.45) is 2.37. The van der Waals surface area contributed by atoms with Crippen LogP contribution in [0.15, 0.2) is 22.7 Å². The van der Waals surface area contributed by atoms with Gasteiger partial charge >= 0.3 is 0 Å². The lowest BCUT2D eigenvalue weighted by Gasteiger charge is -2.42. The molecule has 1 aromatic carbocycles. The molecule has 0 spiro atoms. The molecule has 1 heterocycles. The molecule has 2 unspecified atom stereocenters. The van der Waals surface area contributed by atoms with Gasteiger partial charge in [-0.05, 0) is 24.5 Å². The Morgan fingerprint density at radius 3 is 2.81 bits per heavy atom. The van der Waals surface area contributed by atoms with E-state index in [2.05, 4.69) is 46.9 Å². The Kier molecular flexibility index (Phi) is 6.20. The molecule has 2 atom stereocenters. The zero-order valence-corrected chi connectivity index (χ0v) is 14.8. The highest BCUT2D eigenvalue weighted by atomic mass is 79.9. The summed E-state index contributed by atoms with van der Waals surface area (Å²) in [5.74, 6) is 0.455. The third-order valence-electron chi connectivity index (χ3n) is 4.33. The van der Waals surface area contributed by atoms with Crippen molar-refractivity contribution in [2.45, 2.75) is 52.2 Å². The lowest BCUT2D eigenvalue weighted by atomic mass is 9.96. The molecule has 2 nitrogen and oxygen atoms in total. The van der Waals surface area contributed by atoms with Crippen LogP contribution in [0.2, 0.25) is 0 Å². The van der Waals surface area contributed by atoms with Gasteiger partial charge in [-0.2, -0.15) is 0 Å². The van der Waals surface area contributed by atoms with Crippen LogP contribution in [0, 0.1) is 11.7 Å². The molecule has 1 N–H and O–H groups in total. The lowest BCUT2D eigenvalue weighted by molar-refractivity contribution is 0.0874. The van der Waals surface area contributed by atoms with Gasteiger partial charge < -0.3 is 5.32 Å². The fourth-order valence-corrected chi connectivity index (χ4v) is 3.48. The Morgan fingerprint density at radius 1 is 1.43 bits per heavy atom. The van der Waals surface area contributed by atoms with Crippen LogP contribution in [0.4, 0.5) is 4.39 Å². The number of nitrogens with one attached hydrogen (secondary N) is 1. The number of hydrogen-bond acceptors (Lipinski definition) is 2. The Bertz CT molecular complexity index is 464. The van der Waals surface area contributed by atoms with E-state index >= 15 is 0 Å². The first kappa shape index (κ1) is 16.9. The van der Waals surface area contributed by atoms with Crippen LogP contribution < -0.4 is 5.32 Å². The van der Waals surface area contributed by atoms with Crippen molar-refractivity contribution in [2.75, 3.05) is 13.1 Å². The summed E-state index contributed by atoms with van der Waals surface area (Å²) in [6, 6.07) is 6.39. The van der Waals surface area contributed by atoms with E-state index in [1.165, 1.54) is 12.8 Å². The van der Waals surface area contributed by atoms with Gasteiger partial charge in [-0.15, -0.1) is 0 Å². The van der Waals surface area contributed by atoms with Crippen molar-refractivity contribution >= 4 is 15.9 Å². The van der Waals surface area contributed by atoms with Crippen molar-refractivity contribution in [3.05, 3.63) is 34.1 Å². The molecule has 1 aromatic rings. The largest absolute Gasteiger partial charge is 0.311 e. The third kappa shape index (κ3) is 4.51. The minimum Gasteiger partial charge on any atom is -0.311 e. The van der Waals surface area contributed by atoms with Crippen molar-refractivity contribution in [3.63, 3.8) is 0 Å². The molecule has 0 aromatic heterocycles. The molecule has 0 aliphatic carbocycles. The molecule has 1 saturated heterocycles. The first-order chi connectivity index (χ1) is 10.0. The predicted octanol–water partition coefficient (Wildman–Crippen LogP) is 4.19. The van der Waals surface area contributed by atoms with Crippen LogP contribution >= 0.6 is 15.9 Å². The fourth-order valence-electron chi connectivity index (χ4n) is 3.15. The molecule has 0 radical (unpaired) electrons. The maximum Gasteiger partial charge on any atom is 0.128 e. The zero-order valence-electron chi connectivity index (χ0n) is 13.2. The fraction of sp³-hybridized carbons (Fsp3) is 0.647. The highest BCUT2D eigenvalue weighted by molar-refractivity contribution is 9.10. The highest BCUT2D eigenvalue weighted by Crippen LogP contribution is 2.22. The quantitative estimate of drug-likeness (QED) is 0.850. The number of halogens is 2. The molecule has 1 aliphatic rings. The summed E-state index contributed by atoms with van der Waals surface area (Å²) < 4.78 is 14.9. The predicted molar refractivity (Wildman–Crippen MR) is 89.8 cm³/mol. The lowest BCUT2D eigenvalue weighted by Crippen LogP contribution is -2.57. The SMILES string of the molecule is CCCC1CN(Cc2ccc(Br)cc2F)C(C(C)C)CN1. The smallest absolute Gasteiger partial charge is 0.128 e. The van der Waals surface area contributed by atoms with Crippen LogP contribution in [0.25, 0.3) is 0 Å². The van der Waals surface area contributed by atoms with E-state index in [4.69, 9.17) is 0 Å². The number of hydrogen-bond donors (Lipinski definition) is 1. The Morgan fingerprint density at radius 2 is 2.19 bits per heavy atom. The molecule has 4 heteroatoms. The molecule has 2 rings (SSSR count). The van der Waals surface area contributed by atoms with Gasteiger partial charge in [0.05, 0.1) is 0 Å². The maximum atomic E-state index is 14.1. The van der Waals surface area contributed by atoms with Gasteiger partial charge in [-0.1, -0.05) is 49.2 Å². The topological polar surface area (TPSA) is 15.3 Å². The van der Waals surface area contributed by atoms with Crippen molar-refractivity contribution < 1.29 is 4.39 Å². The summed E-state index contributed by atoms with van der Waals surface area (Å²) in [4.78, 5) is 2.45. The molecule has 0 saturated carbocycles. The minimum atomic E-state index is -0.113. The Labute approximate surface area is 136 Å². The van der Waals surface area contributed by atoms with E-state index in [1.807, 2.05) is 12.1 Å². The zero-order chi connectivity index (χ0) is 15.4. The molecule has 21 heavy (non-hydrogen) atoms. The van der Waals surface area contributed by atoms with Crippen LogP contribution in [0.3, 0.4) is 0 Å². The second kappa shape index (κ2) is 7.70. The van der Waals surface area contributed by atoms with Gasteiger partial charge in [0.25, 0.3) is 0 Å². The molecule has 1 fully saturated rings. The molecule has 1 aliphatic heterocycles. The van der Waals surface area contributed by atoms with Crippen molar-refractivity contribution in [2.24, 2.45) is 5.92 Å². The van der Waals surface area contributed by atoms with Gasteiger partial charge in [-0.25, -0.2) is 4.39 Å². The second-order valence-electron chi connectivity index (χ2n) is 6.37. The Balaban J connectivity index is 2.11. The first-order valence-corrected chi connectivity index (χ1v) is 8.72. The minimum absolute atomic E-state index is 0.113. The van der Waals surface area contributed by atoms with E-state index < -0.39 is 0 Å². The monoisotopic (exact) mass is 356 g/mol. The number of benzene rings is 1. The summed E-state index contributed by atoms with van der Waals surface area (Å²) in [6.45, 7) is 9.42. The van der Waals surface area contributed by atoms with Gasteiger partial charge in [0.2, 0.25) is 0 Å². The van der Waals surface area contributed by atoms with Gasteiger partial charge in [0.1, 0.15) is 5.82 Å². The third-order valence-corrected chi connectivity index (χ3v) is 4.83. The van der Waals surface area contributed by atoms with Crippen LogP contribution in [-0.2, 0) is 6.54 Å². The number of rotatable bonds is 5.